The number of carbonyl (C=O) groups excluding carboxylic acids is 1. The molecular formula is C15H20N2O3S. The van der Waals surface area contributed by atoms with Crippen LogP contribution in [0.25, 0.3) is 0 Å². The van der Waals surface area contributed by atoms with Crippen LogP contribution in [0.4, 0.5) is 10.5 Å². The molecule has 0 aromatic heterocycles. The molecule has 1 unspecified atom stereocenters. The SMILES string of the molecule is CCC1(C(=O)O)CCN(C(=O)Nc2ccc(SC)cc2)C1. The number of urea groups is 1. The molecule has 1 aliphatic rings. The Balaban J connectivity index is 1.99. The predicted molar refractivity (Wildman–Crippen MR) is 83.8 cm³/mol. The number of carbonyl (C=O) groups is 2. The molecule has 5 nitrogen and oxygen atoms in total. The number of carboxylic acids is 1. The first kappa shape index (κ1) is 15.7. The van der Waals surface area contributed by atoms with E-state index in [0.717, 1.165) is 10.6 Å². The summed E-state index contributed by atoms with van der Waals surface area (Å²) in [6.45, 7) is 2.61. The van der Waals surface area contributed by atoms with Gasteiger partial charge in [0.2, 0.25) is 0 Å². The zero-order valence-electron chi connectivity index (χ0n) is 12.3. The van der Waals surface area contributed by atoms with Crippen molar-refractivity contribution in [1.29, 1.82) is 0 Å². The van der Waals surface area contributed by atoms with Gasteiger partial charge in [0, 0.05) is 23.7 Å². The molecule has 2 rings (SSSR count). The zero-order valence-corrected chi connectivity index (χ0v) is 13.1. The fourth-order valence-corrected chi connectivity index (χ4v) is 2.95. The Morgan fingerprint density at radius 1 is 1.38 bits per heavy atom. The first-order chi connectivity index (χ1) is 10.0. The molecule has 6 heteroatoms. The molecule has 21 heavy (non-hydrogen) atoms. The first-order valence-corrected chi connectivity index (χ1v) is 8.16. The van der Waals surface area contributed by atoms with E-state index in [4.69, 9.17) is 0 Å². The van der Waals surface area contributed by atoms with Gasteiger partial charge in [0.15, 0.2) is 0 Å². The lowest BCUT2D eigenvalue weighted by atomic mass is 9.84. The Bertz CT molecular complexity index is 532. The number of benzene rings is 1. The van der Waals surface area contributed by atoms with Crippen LogP contribution in [-0.4, -0.2) is 41.4 Å². The van der Waals surface area contributed by atoms with Crippen LogP contribution in [0.15, 0.2) is 29.2 Å². The van der Waals surface area contributed by atoms with E-state index < -0.39 is 11.4 Å². The lowest BCUT2D eigenvalue weighted by Gasteiger charge is -2.23. The number of hydrogen-bond acceptors (Lipinski definition) is 3. The van der Waals surface area contributed by atoms with E-state index in [1.54, 1.807) is 16.7 Å². The minimum absolute atomic E-state index is 0.233. The largest absolute Gasteiger partial charge is 0.481 e. The van der Waals surface area contributed by atoms with Crippen LogP contribution in [0, 0.1) is 5.41 Å². The van der Waals surface area contributed by atoms with E-state index in [2.05, 4.69) is 5.32 Å². The summed E-state index contributed by atoms with van der Waals surface area (Å²) in [4.78, 5) is 26.3. The number of thioether (sulfide) groups is 1. The van der Waals surface area contributed by atoms with Crippen LogP contribution in [0.5, 0.6) is 0 Å². The first-order valence-electron chi connectivity index (χ1n) is 6.94. The van der Waals surface area contributed by atoms with Gasteiger partial charge in [0.1, 0.15) is 0 Å². The summed E-state index contributed by atoms with van der Waals surface area (Å²) in [6, 6.07) is 7.35. The summed E-state index contributed by atoms with van der Waals surface area (Å²) in [6.07, 6.45) is 3.04. The molecule has 1 aromatic carbocycles. The summed E-state index contributed by atoms with van der Waals surface area (Å²) in [5.74, 6) is -0.815. The van der Waals surface area contributed by atoms with E-state index in [1.165, 1.54) is 0 Å². The number of hydrogen-bond donors (Lipinski definition) is 2. The number of nitrogens with zero attached hydrogens (tertiary/aromatic N) is 1. The van der Waals surface area contributed by atoms with Crippen molar-refractivity contribution >= 4 is 29.4 Å². The third-order valence-corrected chi connectivity index (χ3v) is 4.86. The van der Waals surface area contributed by atoms with E-state index in [-0.39, 0.29) is 12.6 Å². The monoisotopic (exact) mass is 308 g/mol. The second kappa shape index (κ2) is 6.39. The standard InChI is InChI=1S/C15H20N2O3S/c1-3-15(13(18)19)8-9-17(10-15)14(20)16-11-4-6-12(21-2)7-5-11/h4-7H,3,8-10H2,1-2H3,(H,16,20)(H,18,19). The van der Waals surface area contributed by atoms with Gasteiger partial charge in [-0.2, -0.15) is 0 Å². The van der Waals surface area contributed by atoms with Crippen LogP contribution >= 0.6 is 11.8 Å². The van der Waals surface area contributed by atoms with Crippen molar-refractivity contribution in [3.63, 3.8) is 0 Å². The molecule has 1 atom stereocenters. The Labute approximate surface area is 128 Å². The van der Waals surface area contributed by atoms with Gasteiger partial charge in [-0.25, -0.2) is 4.79 Å². The minimum Gasteiger partial charge on any atom is -0.481 e. The summed E-state index contributed by atoms with van der Waals surface area (Å²) in [7, 11) is 0. The number of carboxylic acid groups (broad SMARTS) is 1. The molecule has 0 saturated carbocycles. The molecule has 0 radical (unpaired) electrons. The lowest BCUT2D eigenvalue weighted by Crippen LogP contribution is -2.38. The van der Waals surface area contributed by atoms with Crippen LogP contribution in [0.3, 0.4) is 0 Å². The number of likely N-dealkylation sites (tertiary alicyclic amines) is 1. The Kier molecular flexibility index (Phi) is 4.77. The third kappa shape index (κ3) is 3.32. The third-order valence-electron chi connectivity index (χ3n) is 4.11. The van der Waals surface area contributed by atoms with Crippen molar-refractivity contribution in [3.8, 4) is 0 Å². The predicted octanol–water partition coefficient (Wildman–Crippen LogP) is 3.13. The maximum atomic E-state index is 12.2. The number of nitrogens with one attached hydrogen (secondary N) is 1. The molecular weight excluding hydrogens is 288 g/mol. The molecule has 1 aromatic rings. The van der Waals surface area contributed by atoms with Crippen molar-refractivity contribution < 1.29 is 14.7 Å². The fourth-order valence-electron chi connectivity index (χ4n) is 2.54. The highest BCUT2D eigenvalue weighted by Gasteiger charge is 2.44. The molecule has 2 N–H and O–H groups in total. The van der Waals surface area contributed by atoms with Crippen molar-refractivity contribution in [2.45, 2.75) is 24.7 Å². The van der Waals surface area contributed by atoms with E-state index in [0.29, 0.717) is 19.4 Å². The average Bonchev–Trinajstić information content (AvgIpc) is 2.94. The van der Waals surface area contributed by atoms with Gasteiger partial charge < -0.3 is 15.3 Å². The van der Waals surface area contributed by atoms with Crippen LogP contribution < -0.4 is 5.32 Å². The molecule has 1 heterocycles. The molecule has 1 saturated heterocycles. The average molecular weight is 308 g/mol. The van der Waals surface area contributed by atoms with Crippen molar-refractivity contribution in [3.05, 3.63) is 24.3 Å². The minimum atomic E-state index is -0.815. The van der Waals surface area contributed by atoms with Gasteiger partial charge in [0.25, 0.3) is 0 Å². The van der Waals surface area contributed by atoms with Gasteiger partial charge in [-0.05, 0) is 43.4 Å². The Hall–Kier alpha value is -1.69. The fraction of sp³-hybridized carbons (Fsp3) is 0.467. The molecule has 0 bridgehead atoms. The van der Waals surface area contributed by atoms with Gasteiger partial charge in [-0.1, -0.05) is 6.92 Å². The zero-order chi connectivity index (χ0) is 15.5. The number of amides is 2. The molecule has 0 aliphatic carbocycles. The van der Waals surface area contributed by atoms with Crippen molar-refractivity contribution in [2.24, 2.45) is 5.41 Å². The van der Waals surface area contributed by atoms with Crippen LogP contribution in [0.2, 0.25) is 0 Å². The van der Waals surface area contributed by atoms with Gasteiger partial charge in [-0.15, -0.1) is 11.8 Å². The highest BCUT2D eigenvalue weighted by Crippen LogP contribution is 2.34. The smallest absolute Gasteiger partial charge is 0.321 e. The van der Waals surface area contributed by atoms with Crippen LogP contribution in [-0.2, 0) is 4.79 Å². The second-order valence-corrected chi connectivity index (χ2v) is 6.15. The highest BCUT2D eigenvalue weighted by atomic mass is 32.2. The second-order valence-electron chi connectivity index (χ2n) is 5.27. The van der Waals surface area contributed by atoms with Gasteiger partial charge >= 0.3 is 12.0 Å². The van der Waals surface area contributed by atoms with E-state index in [9.17, 15) is 14.7 Å². The summed E-state index contributed by atoms with van der Waals surface area (Å²) in [5.41, 5.74) is -0.0674. The molecule has 114 valence electrons. The van der Waals surface area contributed by atoms with Gasteiger partial charge in [-0.3, -0.25) is 4.79 Å². The maximum Gasteiger partial charge on any atom is 0.321 e. The van der Waals surface area contributed by atoms with E-state index in [1.807, 2.05) is 37.4 Å². The van der Waals surface area contributed by atoms with Crippen molar-refractivity contribution in [2.75, 3.05) is 24.7 Å². The van der Waals surface area contributed by atoms with Gasteiger partial charge in [0.05, 0.1) is 5.41 Å². The summed E-state index contributed by atoms with van der Waals surface area (Å²) < 4.78 is 0. The summed E-state index contributed by atoms with van der Waals surface area (Å²) in [5, 5.41) is 12.2. The van der Waals surface area contributed by atoms with E-state index >= 15 is 0 Å². The molecule has 1 fully saturated rings. The number of aliphatic carboxylic acids is 1. The number of anilines is 1. The molecule has 0 spiro atoms. The summed E-state index contributed by atoms with van der Waals surface area (Å²) >= 11 is 1.64. The highest BCUT2D eigenvalue weighted by molar-refractivity contribution is 7.98. The van der Waals surface area contributed by atoms with Crippen molar-refractivity contribution in [1.82, 2.24) is 4.90 Å². The number of rotatable bonds is 4. The normalized spacial score (nSPS) is 21.3. The molecule has 2 amide bonds. The lowest BCUT2D eigenvalue weighted by molar-refractivity contribution is -0.148. The Morgan fingerprint density at radius 2 is 2.05 bits per heavy atom. The quantitative estimate of drug-likeness (QED) is 0.838. The Morgan fingerprint density at radius 3 is 2.52 bits per heavy atom. The van der Waals surface area contributed by atoms with Crippen LogP contribution in [0.1, 0.15) is 19.8 Å². The topological polar surface area (TPSA) is 69.6 Å². The maximum absolute atomic E-state index is 12.2. The molecule has 1 aliphatic heterocycles.